The van der Waals surface area contributed by atoms with E-state index in [0.717, 1.165) is 37.3 Å². The van der Waals surface area contributed by atoms with Gasteiger partial charge in [0.25, 0.3) is 0 Å². The maximum absolute atomic E-state index is 4.39. The molecule has 1 radical (unpaired) electrons. The van der Waals surface area contributed by atoms with Crippen molar-refractivity contribution < 1.29 is 32.7 Å². The Kier molecular flexibility index (Phi) is 22.6. The summed E-state index contributed by atoms with van der Waals surface area (Å²) in [6, 6.07) is 18.6. The summed E-state index contributed by atoms with van der Waals surface area (Å²) < 4.78 is 0. The summed E-state index contributed by atoms with van der Waals surface area (Å²) >= 11 is 0. The molecule has 0 aliphatic carbocycles. The zero-order chi connectivity index (χ0) is 20.8. The van der Waals surface area contributed by atoms with Crippen LogP contribution in [0.25, 0.3) is 16.2 Å². The van der Waals surface area contributed by atoms with Gasteiger partial charge in [-0.15, -0.1) is 24.7 Å². The van der Waals surface area contributed by atoms with Gasteiger partial charge in [0.05, 0.1) is 5.52 Å². The maximum Gasteiger partial charge on any atom is 0.0722 e. The average Bonchev–Trinajstić information content (AvgIpc) is 2.77. The van der Waals surface area contributed by atoms with Crippen molar-refractivity contribution in [3.63, 3.8) is 0 Å². The van der Waals surface area contributed by atoms with Crippen molar-refractivity contribution in [1.29, 1.82) is 0 Å². The van der Waals surface area contributed by atoms with Crippen LogP contribution in [0, 0.1) is 13.8 Å². The quantitative estimate of drug-likeness (QED) is 0.319. The van der Waals surface area contributed by atoms with Gasteiger partial charge in [0, 0.05) is 50.0 Å². The number of aromatic nitrogens is 1. The second-order valence-corrected chi connectivity index (χ2v) is 5.99. The normalized spacial score (nSPS) is 11.3. The fourth-order valence-corrected chi connectivity index (χ4v) is 2.92. The molecular weight excluding hydrogens is 455 g/mol. The molecule has 4 rings (SSSR count). The molecule has 0 unspecified atom stereocenters. The minimum absolute atomic E-state index is 0. The van der Waals surface area contributed by atoms with Crippen molar-refractivity contribution in [3.05, 3.63) is 84.2 Å². The van der Waals surface area contributed by atoms with Crippen molar-refractivity contribution in [2.24, 2.45) is 0 Å². The number of nitrogens with zero attached hydrogens (tertiary/aromatic N) is 3. The number of aryl methyl sites for hydroxylation is 1. The summed E-state index contributed by atoms with van der Waals surface area (Å²) in [6.45, 7) is 17.8. The fraction of sp³-hybridized carbons (Fsp3) is 0.407. The van der Waals surface area contributed by atoms with Crippen LogP contribution in [0.5, 0.6) is 0 Å². The number of hydrogen-bond donors (Lipinski definition) is 0. The van der Waals surface area contributed by atoms with Gasteiger partial charge < -0.3 is 10.2 Å². The Labute approximate surface area is 217 Å². The summed E-state index contributed by atoms with van der Waals surface area (Å²) in [6.07, 6.45) is 1.84. The summed E-state index contributed by atoms with van der Waals surface area (Å²) in [5.41, 5.74) is 4.73. The molecule has 3 aromatic rings. The van der Waals surface area contributed by atoms with Crippen molar-refractivity contribution >= 4 is 16.6 Å². The first-order valence-electron chi connectivity index (χ1n) is 10.3. The van der Waals surface area contributed by atoms with E-state index in [2.05, 4.69) is 65.4 Å². The molecule has 31 heavy (non-hydrogen) atoms. The second-order valence-electron chi connectivity index (χ2n) is 5.99. The van der Waals surface area contributed by atoms with Gasteiger partial charge >= 0.3 is 0 Å². The predicted octanol–water partition coefficient (Wildman–Crippen LogP) is 7.93. The monoisotopic (exact) mass is 498 g/mol. The van der Waals surface area contributed by atoms with Gasteiger partial charge in [-0.05, 0) is 37.4 Å². The number of fused-ring (bicyclic) bond motifs is 1. The zero-order valence-corrected chi connectivity index (χ0v) is 21.6. The fourth-order valence-electron chi connectivity index (χ4n) is 2.92. The first-order chi connectivity index (χ1) is 13.7. The molecule has 1 aromatic heterocycles. The molecule has 0 amide bonds. The third-order valence-corrected chi connectivity index (χ3v) is 4.10. The molecule has 1 saturated heterocycles. The molecule has 4 heteroatoms. The molecule has 1 aliphatic rings. The van der Waals surface area contributed by atoms with Crippen molar-refractivity contribution in [2.45, 2.75) is 49.5 Å². The van der Waals surface area contributed by atoms with Gasteiger partial charge in [-0.25, -0.2) is 0 Å². The molecular formula is C27H43N3Y-2. The Morgan fingerprint density at radius 3 is 2.03 bits per heavy atom. The van der Waals surface area contributed by atoms with Crippen molar-refractivity contribution in [2.75, 3.05) is 31.1 Å². The van der Waals surface area contributed by atoms with Gasteiger partial charge in [-0.1, -0.05) is 61.6 Å². The van der Waals surface area contributed by atoms with E-state index in [1.807, 2.05) is 52.1 Å². The average molecular weight is 499 g/mol. The number of anilines is 1. The van der Waals surface area contributed by atoms with Gasteiger partial charge in [0.1, 0.15) is 0 Å². The molecule has 2 aromatic carbocycles. The van der Waals surface area contributed by atoms with Crippen LogP contribution in [0.2, 0.25) is 0 Å². The van der Waals surface area contributed by atoms with E-state index in [4.69, 9.17) is 0 Å². The third kappa shape index (κ3) is 11.7. The predicted molar refractivity (Wildman–Crippen MR) is 139 cm³/mol. The zero-order valence-electron chi connectivity index (χ0n) is 18.7. The van der Waals surface area contributed by atoms with Crippen LogP contribution in [0.1, 0.15) is 53.7 Å². The second kappa shape index (κ2) is 20.5. The topological polar surface area (TPSA) is 30.2 Å². The molecule has 0 saturated carbocycles. The van der Waals surface area contributed by atoms with Crippen LogP contribution < -0.4 is 4.90 Å². The van der Waals surface area contributed by atoms with E-state index >= 15 is 0 Å². The van der Waals surface area contributed by atoms with E-state index in [1.54, 1.807) is 0 Å². The molecule has 0 N–H and O–H groups in total. The van der Waals surface area contributed by atoms with E-state index in [9.17, 15) is 0 Å². The number of rotatable bonds is 1. The molecule has 171 valence electrons. The van der Waals surface area contributed by atoms with Crippen LogP contribution in [-0.4, -0.2) is 31.2 Å². The third-order valence-electron chi connectivity index (χ3n) is 4.10. The number of hydrogen-bond acceptors (Lipinski definition) is 2. The van der Waals surface area contributed by atoms with Crippen LogP contribution in [0.15, 0.2) is 60.8 Å². The van der Waals surface area contributed by atoms with E-state index in [1.165, 1.54) is 16.6 Å². The summed E-state index contributed by atoms with van der Waals surface area (Å²) in [7, 11) is 0. The molecule has 3 nitrogen and oxygen atoms in total. The first-order valence-corrected chi connectivity index (χ1v) is 10.3. The molecule has 1 fully saturated rings. The Morgan fingerprint density at radius 1 is 0.871 bits per heavy atom. The minimum Gasteiger partial charge on any atom is -0.659 e. The van der Waals surface area contributed by atoms with Crippen molar-refractivity contribution in [3.8, 4) is 0 Å². The minimum atomic E-state index is 0. The Balaban J connectivity index is -0.000000453. The molecule has 1 aliphatic heterocycles. The summed E-state index contributed by atoms with van der Waals surface area (Å²) in [5.74, 6) is 0. The smallest absolute Gasteiger partial charge is 0.0722 e. The van der Waals surface area contributed by atoms with Gasteiger partial charge in [0.2, 0.25) is 0 Å². The Bertz CT molecular complexity index is 777. The van der Waals surface area contributed by atoms with Crippen LogP contribution in [0.4, 0.5) is 5.69 Å². The maximum atomic E-state index is 4.39. The molecule has 0 atom stereocenters. The standard InChI is InChI=1S/C13H14N3.C8H9.2C2H6.2CH4.Y/c1-4-12-11(3-2-6-15-12)13(5-1)16-9-7-14-8-10-16;1-7-4-3-5-8(2)6-7;2*1-2;;;/h1-6H,7-10H2;3-6H,1H2,2H3;2*1-2H3;2*1H4;/q2*-1;;;;;. The first kappa shape index (κ1) is 34.2. The Hall–Kier alpha value is -1.42. The van der Waals surface area contributed by atoms with Crippen molar-refractivity contribution in [1.82, 2.24) is 4.98 Å². The van der Waals surface area contributed by atoms with Crippen LogP contribution in [0.3, 0.4) is 0 Å². The number of pyridine rings is 1. The summed E-state index contributed by atoms with van der Waals surface area (Å²) in [5, 5.41) is 5.62. The molecule has 0 spiro atoms. The van der Waals surface area contributed by atoms with Gasteiger partial charge in [0.15, 0.2) is 0 Å². The van der Waals surface area contributed by atoms with E-state index in [-0.39, 0.29) is 47.6 Å². The van der Waals surface area contributed by atoms with Crippen LogP contribution in [-0.2, 0) is 32.7 Å². The molecule has 0 bridgehead atoms. The van der Waals surface area contributed by atoms with Gasteiger partial charge in [-0.3, -0.25) is 4.98 Å². The largest absolute Gasteiger partial charge is 0.659 e. The van der Waals surface area contributed by atoms with Crippen LogP contribution >= 0.6 is 0 Å². The number of piperazine rings is 1. The van der Waals surface area contributed by atoms with E-state index < -0.39 is 0 Å². The Morgan fingerprint density at radius 2 is 1.48 bits per heavy atom. The van der Waals surface area contributed by atoms with Gasteiger partial charge in [-0.2, -0.15) is 24.6 Å². The van der Waals surface area contributed by atoms with E-state index in [0.29, 0.717) is 0 Å². The number of benzene rings is 2. The molecule has 2 heterocycles. The summed E-state index contributed by atoms with van der Waals surface area (Å²) in [4.78, 5) is 6.79. The SMILES string of the molecule is C.C.CC.CC.[CH2-]c1cccc(C)c1.[Y].c1cc(N2CC[N-]CC2)c2cccnc2c1.